The molecule has 0 radical (unpaired) electrons. The molecule has 0 saturated heterocycles. The predicted octanol–water partition coefficient (Wildman–Crippen LogP) is 4.48. The molecule has 0 atom stereocenters. The highest BCUT2D eigenvalue weighted by Crippen LogP contribution is 2.31. The Morgan fingerprint density at radius 1 is 1.26 bits per heavy atom. The van der Waals surface area contributed by atoms with E-state index < -0.39 is 18.1 Å². The van der Waals surface area contributed by atoms with Crippen molar-refractivity contribution in [2.75, 3.05) is 7.11 Å². The molecule has 0 aliphatic rings. The fourth-order valence-electron chi connectivity index (χ4n) is 2.36. The summed E-state index contributed by atoms with van der Waals surface area (Å²) in [5, 5.41) is -0.173. The van der Waals surface area contributed by atoms with Gasteiger partial charge in [-0.25, -0.2) is 4.79 Å². The largest absolute Gasteiger partial charge is 0.573 e. The maximum Gasteiger partial charge on any atom is 0.573 e. The lowest BCUT2D eigenvalue weighted by Crippen LogP contribution is -2.17. The normalized spacial score (nSPS) is 11.4. The number of benzene rings is 1. The Morgan fingerprint density at radius 2 is 2.04 bits per heavy atom. The molecule has 0 amide bonds. The Hall–Kier alpha value is -2.94. The average molecular weight is 401 g/mol. The van der Waals surface area contributed by atoms with Crippen molar-refractivity contribution < 1.29 is 32.2 Å². The zero-order chi connectivity index (χ0) is 19.6. The molecule has 0 spiro atoms. The lowest BCUT2D eigenvalue weighted by molar-refractivity contribution is -0.274. The van der Waals surface area contributed by atoms with E-state index in [9.17, 15) is 18.0 Å². The van der Waals surface area contributed by atoms with Crippen LogP contribution in [0.2, 0.25) is 5.02 Å². The Morgan fingerprint density at radius 3 is 2.74 bits per heavy atom. The van der Waals surface area contributed by atoms with Crippen LogP contribution in [0.4, 0.5) is 13.2 Å². The number of carbonyl (C=O) groups is 1. The van der Waals surface area contributed by atoms with Gasteiger partial charge in [-0.1, -0.05) is 17.7 Å². The van der Waals surface area contributed by atoms with Crippen molar-refractivity contribution in [2.24, 2.45) is 0 Å². The van der Waals surface area contributed by atoms with Crippen molar-refractivity contribution in [3.63, 3.8) is 0 Å². The summed E-state index contributed by atoms with van der Waals surface area (Å²) >= 11 is 5.71. The van der Waals surface area contributed by atoms with Gasteiger partial charge < -0.3 is 19.2 Å². The van der Waals surface area contributed by atoms with E-state index >= 15 is 0 Å². The predicted molar refractivity (Wildman–Crippen MR) is 89.9 cm³/mol. The second-order valence-electron chi connectivity index (χ2n) is 5.35. The minimum absolute atomic E-state index is 0.0637. The van der Waals surface area contributed by atoms with Gasteiger partial charge in [-0.15, -0.1) is 13.2 Å². The van der Waals surface area contributed by atoms with Crippen LogP contribution in [0.1, 0.15) is 15.9 Å². The third-order valence-corrected chi connectivity index (χ3v) is 3.83. The number of nitrogens with zero attached hydrogens (tertiary/aromatic N) is 1. The van der Waals surface area contributed by atoms with Gasteiger partial charge in [0.2, 0.25) is 0 Å². The molecule has 0 aliphatic heterocycles. The number of rotatable bonds is 5. The Labute approximate surface area is 155 Å². The number of ether oxygens (including phenoxy) is 3. The van der Waals surface area contributed by atoms with E-state index in [4.69, 9.17) is 21.1 Å². The van der Waals surface area contributed by atoms with Crippen LogP contribution in [0.15, 0.2) is 36.5 Å². The summed E-state index contributed by atoms with van der Waals surface area (Å²) in [5.41, 5.74) is 1.59. The fraction of sp³-hybridized carbons (Fsp3) is 0.176. The minimum atomic E-state index is -4.85. The van der Waals surface area contributed by atoms with Gasteiger partial charge in [-0.2, -0.15) is 0 Å². The number of pyridine rings is 1. The van der Waals surface area contributed by atoms with Gasteiger partial charge >= 0.3 is 12.3 Å². The zero-order valence-electron chi connectivity index (χ0n) is 13.8. The van der Waals surface area contributed by atoms with Crippen LogP contribution in [0, 0.1) is 0 Å². The number of fused-ring (bicyclic) bond motifs is 1. The van der Waals surface area contributed by atoms with Crippen LogP contribution in [0.25, 0.3) is 11.0 Å². The topological polar surface area (TPSA) is 73.4 Å². The highest BCUT2D eigenvalue weighted by molar-refractivity contribution is 6.32. The summed E-state index contributed by atoms with van der Waals surface area (Å²) < 4.78 is 51.3. The van der Waals surface area contributed by atoms with E-state index in [2.05, 4.69) is 14.7 Å². The SMILES string of the molecule is COC(=O)c1ccnc2cc(OCc3ccc(Cl)c(OC(F)(F)F)c3)[nH]c12. The Bertz CT molecular complexity index is 988. The molecule has 3 rings (SSSR count). The monoisotopic (exact) mass is 400 g/mol. The summed E-state index contributed by atoms with van der Waals surface area (Å²) in [6.07, 6.45) is -3.40. The summed E-state index contributed by atoms with van der Waals surface area (Å²) in [6.45, 7) is -0.0637. The second kappa shape index (κ2) is 7.36. The van der Waals surface area contributed by atoms with Gasteiger partial charge in [0, 0.05) is 12.3 Å². The number of hydrogen-bond acceptors (Lipinski definition) is 5. The molecule has 2 heterocycles. The average Bonchev–Trinajstić information content (AvgIpc) is 3.03. The van der Waals surface area contributed by atoms with Crippen LogP contribution in [-0.2, 0) is 11.3 Å². The molecule has 142 valence electrons. The number of esters is 1. The van der Waals surface area contributed by atoms with Gasteiger partial charge in [0.25, 0.3) is 0 Å². The van der Waals surface area contributed by atoms with E-state index in [0.29, 0.717) is 16.6 Å². The molecule has 0 fully saturated rings. The second-order valence-corrected chi connectivity index (χ2v) is 5.75. The number of H-pyrrole nitrogens is 1. The molecule has 1 aromatic carbocycles. The fourth-order valence-corrected chi connectivity index (χ4v) is 2.52. The van der Waals surface area contributed by atoms with Crippen LogP contribution < -0.4 is 9.47 Å². The van der Waals surface area contributed by atoms with Gasteiger partial charge in [-0.05, 0) is 23.8 Å². The van der Waals surface area contributed by atoms with Crippen molar-refractivity contribution in [3.8, 4) is 11.6 Å². The molecule has 0 bridgehead atoms. The van der Waals surface area contributed by atoms with Gasteiger partial charge in [0.1, 0.15) is 12.4 Å². The molecule has 6 nitrogen and oxygen atoms in total. The van der Waals surface area contributed by atoms with Crippen LogP contribution >= 0.6 is 11.6 Å². The van der Waals surface area contributed by atoms with E-state index in [1.54, 1.807) is 6.07 Å². The first kappa shape index (κ1) is 18.8. The molecule has 3 aromatic rings. The Balaban J connectivity index is 1.79. The maximum atomic E-state index is 12.4. The van der Waals surface area contributed by atoms with E-state index in [1.165, 1.54) is 31.5 Å². The molecule has 0 aliphatic carbocycles. The smallest absolute Gasteiger partial charge is 0.474 e. The van der Waals surface area contributed by atoms with Crippen LogP contribution in [-0.4, -0.2) is 29.4 Å². The molecule has 0 unspecified atom stereocenters. The number of nitrogens with one attached hydrogen (secondary N) is 1. The molecule has 0 saturated carbocycles. The lowest BCUT2D eigenvalue weighted by atomic mass is 10.2. The van der Waals surface area contributed by atoms with Crippen molar-refractivity contribution in [1.82, 2.24) is 9.97 Å². The third-order valence-electron chi connectivity index (χ3n) is 3.52. The quantitative estimate of drug-likeness (QED) is 0.639. The number of aromatic nitrogens is 2. The zero-order valence-corrected chi connectivity index (χ0v) is 14.5. The Kier molecular flexibility index (Phi) is 5.13. The molecule has 2 aromatic heterocycles. The van der Waals surface area contributed by atoms with Gasteiger partial charge in [0.15, 0.2) is 5.88 Å². The number of alkyl halides is 3. The van der Waals surface area contributed by atoms with Crippen LogP contribution in [0.3, 0.4) is 0 Å². The van der Waals surface area contributed by atoms with Gasteiger partial charge in [0.05, 0.1) is 28.7 Å². The van der Waals surface area contributed by atoms with Crippen molar-refractivity contribution in [1.29, 1.82) is 0 Å². The van der Waals surface area contributed by atoms with Crippen LogP contribution in [0.5, 0.6) is 11.6 Å². The van der Waals surface area contributed by atoms with E-state index in [1.807, 2.05) is 0 Å². The summed E-state index contributed by atoms with van der Waals surface area (Å²) in [4.78, 5) is 18.8. The summed E-state index contributed by atoms with van der Waals surface area (Å²) in [7, 11) is 1.26. The number of carbonyl (C=O) groups excluding carboxylic acids is 1. The van der Waals surface area contributed by atoms with E-state index in [-0.39, 0.29) is 23.1 Å². The molecular weight excluding hydrogens is 389 g/mol. The van der Waals surface area contributed by atoms with Crippen molar-refractivity contribution in [2.45, 2.75) is 13.0 Å². The summed E-state index contributed by atoms with van der Waals surface area (Å²) in [5.74, 6) is -0.777. The lowest BCUT2D eigenvalue weighted by Gasteiger charge is -2.12. The standard InChI is InChI=1S/C17H12ClF3N2O4/c1-25-16(24)10-4-5-22-12-7-14(23-15(10)12)26-8-9-2-3-11(18)13(6-9)27-17(19,20)21/h2-7,23H,8H2,1H3. The minimum Gasteiger partial charge on any atom is -0.474 e. The molecule has 27 heavy (non-hydrogen) atoms. The van der Waals surface area contributed by atoms with Crippen molar-refractivity contribution >= 4 is 28.6 Å². The van der Waals surface area contributed by atoms with Crippen molar-refractivity contribution in [3.05, 3.63) is 52.7 Å². The highest BCUT2D eigenvalue weighted by atomic mass is 35.5. The number of hydrogen-bond donors (Lipinski definition) is 1. The molecular formula is C17H12ClF3N2O4. The number of aromatic amines is 1. The first-order chi connectivity index (χ1) is 12.8. The third kappa shape index (κ3) is 4.43. The van der Waals surface area contributed by atoms with E-state index in [0.717, 1.165) is 6.07 Å². The maximum absolute atomic E-state index is 12.4. The number of methoxy groups -OCH3 is 1. The molecule has 1 N–H and O–H groups in total. The molecule has 10 heteroatoms. The summed E-state index contributed by atoms with van der Waals surface area (Å²) in [6, 6.07) is 6.98. The highest BCUT2D eigenvalue weighted by Gasteiger charge is 2.32. The first-order valence-corrected chi connectivity index (χ1v) is 7.87. The number of halogens is 4. The first-order valence-electron chi connectivity index (χ1n) is 7.50. The van der Waals surface area contributed by atoms with Gasteiger partial charge in [-0.3, -0.25) is 4.98 Å².